The maximum Gasteiger partial charge on any atom is 0.194 e. The average molecular weight is 392 g/mol. The molecule has 0 saturated carbocycles. The second kappa shape index (κ2) is 9.09. The fraction of sp³-hybridized carbons (Fsp3) is 0.526. The molecular formula is C19H26F2N6O. The minimum Gasteiger partial charge on any atom is -0.385 e. The van der Waals surface area contributed by atoms with Crippen molar-refractivity contribution in [1.29, 1.82) is 0 Å². The summed E-state index contributed by atoms with van der Waals surface area (Å²) in [5, 5.41) is 11.5. The lowest BCUT2D eigenvalue weighted by atomic mass is 9.99. The molecule has 1 aliphatic heterocycles. The molecule has 0 bridgehead atoms. The van der Waals surface area contributed by atoms with Gasteiger partial charge in [0.05, 0.1) is 0 Å². The maximum absolute atomic E-state index is 14.0. The Morgan fingerprint density at radius 2 is 2.14 bits per heavy atom. The molecule has 0 spiro atoms. The smallest absolute Gasteiger partial charge is 0.194 e. The quantitative estimate of drug-likeness (QED) is 0.462. The molecule has 1 aromatic carbocycles. The lowest BCUT2D eigenvalue weighted by Crippen LogP contribution is -2.44. The molecule has 7 nitrogen and oxygen atoms in total. The fourth-order valence-electron chi connectivity index (χ4n) is 3.21. The Morgan fingerprint density at radius 3 is 2.86 bits per heavy atom. The van der Waals surface area contributed by atoms with Crippen LogP contribution in [0.25, 0.3) is 0 Å². The second-order valence-corrected chi connectivity index (χ2v) is 6.83. The molecule has 9 heteroatoms. The summed E-state index contributed by atoms with van der Waals surface area (Å²) in [5.74, 6) is 1.22. The first kappa shape index (κ1) is 20.2. The Morgan fingerprint density at radius 1 is 1.32 bits per heavy atom. The van der Waals surface area contributed by atoms with Gasteiger partial charge < -0.3 is 19.5 Å². The van der Waals surface area contributed by atoms with Crippen LogP contribution in [0.1, 0.15) is 29.2 Å². The number of nitrogens with zero attached hydrogens (tertiary/aromatic N) is 5. The third-order valence-electron chi connectivity index (χ3n) is 4.91. The molecule has 0 radical (unpaired) electrons. The first-order valence-electron chi connectivity index (χ1n) is 9.33. The van der Waals surface area contributed by atoms with E-state index in [9.17, 15) is 8.78 Å². The van der Waals surface area contributed by atoms with Gasteiger partial charge in [-0.25, -0.2) is 13.8 Å². The van der Waals surface area contributed by atoms with Gasteiger partial charge in [-0.15, -0.1) is 10.2 Å². The van der Waals surface area contributed by atoms with Gasteiger partial charge in [0.1, 0.15) is 24.0 Å². The highest BCUT2D eigenvalue weighted by Gasteiger charge is 2.22. The third-order valence-corrected chi connectivity index (χ3v) is 4.91. The van der Waals surface area contributed by atoms with Crippen molar-refractivity contribution in [2.24, 2.45) is 12.0 Å². The molecule has 2 aromatic rings. The van der Waals surface area contributed by atoms with Crippen LogP contribution in [0.2, 0.25) is 0 Å². The number of nitrogens with one attached hydrogen (secondary N) is 1. The zero-order valence-corrected chi connectivity index (χ0v) is 16.5. The molecular weight excluding hydrogens is 366 g/mol. The van der Waals surface area contributed by atoms with Gasteiger partial charge in [-0.05, 0) is 37.0 Å². The van der Waals surface area contributed by atoms with Gasteiger partial charge in [0.25, 0.3) is 0 Å². The van der Waals surface area contributed by atoms with E-state index in [4.69, 9.17) is 4.74 Å². The molecule has 152 valence electrons. The lowest BCUT2D eigenvalue weighted by molar-refractivity contribution is 0.195. The Bertz CT molecular complexity index is 851. The minimum atomic E-state index is -0.556. The lowest BCUT2D eigenvalue weighted by Gasteiger charge is -2.32. The number of rotatable bonds is 6. The summed E-state index contributed by atoms with van der Waals surface area (Å²) in [4.78, 5) is 6.70. The normalized spacial score (nSPS) is 14.3. The average Bonchev–Trinajstić information content (AvgIpc) is 2.99. The highest BCUT2D eigenvalue weighted by atomic mass is 19.1. The number of aryl methyl sites for hydroxylation is 1. The Hall–Kier alpha value is -2.55. The molecule has 0 saturated heterocycles. The van der Waals surface area contributed by atoms with Crippen LogP contribution >= 0.6 is 0 Å². The van der Waals surface area contributed by atoms with Gasteiger partial charge in [0, 0.05) is 46.5 Å². The van der Waals surface area contributed by atoms with E-state index in [1.54, 1.807) is 7.11 Å². The fourth-order valence-corrected chi connectivity index (χ4v) is 3.21. The Kier molecular flexibility index (Phi) is 6.56. The zero-order valence-electron chi connectivity index (χ0n) is 16.5. The van der Waals surface area contributed by atoms with Crippen molar-refractivity contribution < 1.29 is 13.5 Å². The van der Waals surface area contributed by atoms with E-state index >= 15 is 0 Å². The summed E-state index contributed by atoms with van der Waals surface area (Å²) < 4.78 is 34.7. The summed E-state index contributed by atoms with van der Waals surface area (Å²) in [7, 11) is 3.56. The highest BCUT2D eigenvalue weighted by Crippen LogP contribution is 2.23. The first-order chi connectivity index (χ1) is 13.5. The van der Waals surface area contributed by atoms with Gasteiger partial charge in [0.15, 0.2) is 11.8 Å². The van der Waals surface area contributed by atoms with Crippen molar-refractivity contribution >= 4 is 5.96 Å². The number of hydrogen-bond acceptors (Lipinski definition) is 4. The van der Waals surface area contributed by atoms with E-state index in [1.807, 2.05) is 23.4 Å². The van der Waals surface area contributed by atoms with Crippen molar-refractivity contribution in [2.75, 3.05) is 26.8 Å². The van der Waals surface area contributed by atoms with Crippen LogP contribution in [-0.2, 0) is 31.3 Å². The molecule has 1 aromatic heterocycles. The second-order valence-electron chi connectivity index (χ2n) is 6.83. The van der Waals surface area contributed by atoms with Crippen molar-refractivity contribution in [3.8, 4) is 0 Å². The van der Waals surface area contributed by atoms with Gasteiger partial charge in [-0.1, -0.05) is 0 Å². The highest BCUT2D eigenvalue weighted by molar-refractivity contribution is 5.80. The number of guanidine groups is 1. The summed E-state index contributed by atoms with van der Waals surface area (Å²) >= 11 is 0. The standard InChI is InChI=1S/C19H26F2N6O/c1-13-24-25-18(26(13)2)11-23-19(22-6-4-8-28-3)27-7-5-16-14(12-27)9-15(20)10-17(16)21/h9-10H,4-8,11-12H2,1-3H3,(H,22,23). The molecule has 28 heavy (non-hydrogen) atoms. The van der Waals surface area contributed by atoms with Gasteiger partial charge >= 0.3 is 0 Å². The van der Waals surface area contributed by atoms with Crippen LogP contribution in [0.3, 0.4) is 0 Å². The molecule has 0 amide bonds. The van der Waals surface area contributed by atoms with Gasteiger partial charge in [-0.2, -0.15) is 0 Å². The SMILES string of the molecule is COCCCNC(=NCc1nnc(C)n1C)N1CCc2c(F)cc(F)cc2C1. The molecule has 3 rings (SSSR count). The maximum atomic E-state index is 14.0. The van der Waals surface area contributed by atoms with Crippen LogP contribution in [0.4, 0.5) is 8.78 Å². The van der Waals surface area contributed by atoms with Crippen molar-refractivity contribution in [1.82, 2.24) is 25.0 Å². The van der Waals surface area contributed by atoms with Crippen molar-refractivity contribution in [3.05, 3.63) is 46.5 Å². The van der Waals surface area contributed by atoms with Gasteiger partial charge in [0.2, 0.25) is 0 Å². The molecule has 0 unspecified atom stereocenters. The van der Waals surface area contributed by atoms with E-state index in [0.717, 1.165) is 24.1 Å². The minimum absolute atomic E-state index is 0.366. The van der Waals surface area contributed by atoms with Crippen molar-refractivity contribution in [2.45, 2.75) is 32.9 Å². The number of aromatic nitrogens is 3. The molecule has 0 aliphatic carbocycles. The van der Waals surface area contributed by atoms with E-state index in [0.29, 0.717) is 56.3 Å². The number of ether oxygens (including phenoxy) is 1. The molecule has 1 N–H and O–H groups in total. The van der Waals surface area contributed by atoms with Gasteiger partial charge in [-0.3, -0.25) is 0 Å². The number of aliphatic imine (C=N–C) groups is 1. The number of fused-ring (bicyclic) bond motifs is 1. The predicted octanol–water partition coefficient (Wildman–Crippen LogP) is 1.94. The third kappa shape index (κ3) is 4.64. The van der Waals surface area contributed by atoms with Crippen molar-refractivity contribution in [3.63, 3.8) is 0 Å². The van der Waals surface area contributed by atoms with E-state index in [2.05, 4.69) is 20.5 Å². The largest absolute Gasteiger partial charge is 0.385 e. The van der Waals surface area contributed by atoms with Crippen LogP contribution in [-0.4, -0.2) is 52.4 Å². The van der Waals surface area contributed by atoms with Crippen LogP contribution in [0.15, 0.2) is 17.1 Å². The van der Waals surface area contributed by atoms with E-state index in [1.165, 1.54) is 6.07 Å². The Balaban J connectivity index is 1.78. The zero-order chi connectivity index (χ0) is 20.1. The number of benzene rings is 1. The monoisotopic (exact) mass is 392 g/mol. The molecule has 2 heterocycles. The molecule has 0 atom stereocenters. The summed E-state index contributed by atoms with van der Waals surface area (Å²) in [6, 6.07) is 2.35. The summed E-state index contributed by atoms with van der Waals surface area (Å²) in [5.41, 5.74) is 1.24. The van der Waals surface area contributed by atoms with E-state index in [-0.39, 0.29) is 0 Å². The van der Waals surface area contributed by atoms with Crippen LogP contribution in [0.5, 0.6) is 0 Å². The molecule has 0 fully saturated rings. The summed E-state index contributed by atoms with van der Waals surface area (Å²) in [6.07, 6.45) is 1.33. The number of halogens is 2. The molecule has 1 aliphatic rings. The predicted molar refractivity (Wildman–Crippen MR) is 102 cm³/mol. The number of methoxy groups -OCH3 is 1. The number of hydrogen-bond donors (Lipinski definition) is 1. The summed E-state index contributed by atoms with van der Waals surface area (Å²) in [6.45, 7) is 4.58. The van der Waals surface area contributed by atoms with Crippen LogP contribution < -0.4 is 5.32 Å². The Labute approximate surface area is 163 Å². The topological polar surface area (TPSA) is 67.6 Å². The van der Waals surface area contributed by atoms with Crippen LogP contribution in [0, 0.1) is 18.6 Å². The first-order valence-corrected chi connectivity index (χ1v) is 9.33. The van der Waals surface area contributed by atoms with E-state index < -0.39 is 11.6 Å².